The first-order valence-electron chi connectivity index (χ1n) is 9.14. The molecule has 1 amide bonds. The molecule has 0 radical (unpaired) electrons. The number of methoxy groups -OCH3 is 2. The van der Waals surface area contributed by atoms with Crippen LogP contribution < -0.4 is 9.64 Å². The summed E-state index contributed by atoms with van der Waals surface area (Å²) in [5, 5.41) is 2.69. The second kappa shape index (κ2) is 10.0. The van der Waals surface area contributed by atoms with Crippen LogP contribution in [0.3, 0.4) is 0 Å². The number of carbonyl (C=O) groups excluding carboxylic acids is 1. The summed E-state index contributed by atoms with van der Waals surface area (Å²) < 4.78 is 10.4. The normalized spacial score (nSPS) is 10.6. The minimum atomic E-state index is 0.0398. The third kappa shape index (κ3) is 5.18. The monoisotopic (exact) mass is 396 g/mol. The van der Waals surface area contributed by atoms with E-state index in [1.807, 2.05) is 60.0 Å². The molecular weight excluding hydrogens is 372 g/mol. The van der Waals surface area contributed by atoms with Crippen molar-refractivity contribution in [2.24, 2.45) is 0 Å². The third-order valence-electron chi connectivity index (χ3n) is 4.34. The van der Waals surface area contributed by atoms with Gasteiger partial charge >= 0.3 is 0 Å². The molecule has 0 unspecified atom stereocenters. The zero-order valence-corrected chi connectivity index (χ0v) is 16.9. The maximum absolute atomic E-state index is 13.0. The van der Waals surface area contributed by atoms with Crippen molar-refractivity contribution in [1.29, 1.82) is 0 Å². The first-order chi connectivity index (χ1) is 13.7. The summed E-state index contributed by atoms with van der Waals surface area (Å²) in [6.45, 7) is 1.18. The minimum absolute atomic E-state index is 0.0398. The zero-order chi connectivity index (χ0) is 19.8. The lowest BCUT2D eigenvalue weighted by atomic mass is 10.1. The van der Waals surface area contributed by atoms with E-state index in [0.29, 0.717) is 24.7 Å². The molecule has 0 saturated carbocycles. The lowest BCUT2D eigenvalue weighted by molar-refractivity contribution is -0.118. The smallest absolute Gasteiger partial charge is 0.233 e. The van der Waals surface area contributed by atoms with Crippen LogP contribution in [0.15, 0.2) is 60.0 Å². The van der Waals surface area contributed by atoms with Crippen LogP contribution in [0.1, 0.15) is 12.0 Å². The maximum atomic E-state index is 13.0. The van der Waals surface area contributed by atoms with Crippen LogP contribution in [-0.4, -0.2) is 38.3 Å². The van der Waals surface area contributed by atoms with E-state index in [2.05, 4.69) is 0 Å². The molecule has 0 fully saturated rings. The Hall–Kier alpha value is -2.70. The number of hydrogen-bond donors (Lipinski definition) is 0. The predicted octanol–water partition coefficient (Wildman–Crippen LogP) is 4.43. The molecule has 3 rings (SSSR count). The average Bonchev–Trinajstić information content (AvgIpc) is 3.21. The minimum Gasteiger partial charge on any atom is -0.497 e. The number of anilines is 1. The van der Waals surface area contributed by atoms with Crippen molar-refractivity contribution in [3.05, 3.63) is 65.5 Å². The molecule has 1 heterocycles. The topological polar surface area (TPSA) is 51.7 Å². The molecule has 5 nitrogen and oxygen atoms in total. The Morgan fingerprint density at radius 2 is 1.82 bits per heavy atom. The number of amides is 1. The van der Waals surface area contributed by atoms with Gasteiger partial charge in [0.1, 0.15) is 5.75 Å². The summed E-state index contributed by atoms with van der Waals surface area (Å²) in [6, 6.07) is 17.5. The van der Waals surface area contributed by atoms with E-state index in [1.54, 1.807) is 19.1 Å². The summed E-state index contributed by atoms with van der Waals surface area (Å²) in [7, 11) is 3.31. The summed E-state index contributed by atoms with van der Waals surface area (Å²) in [4.78, 5) is 19.5. The average molecular weight is 397 g/mol. The highest BCUT2D eigenvalue weighted by molar-refractivity contribution is 7.14. The summed E-state index contributed by atoms with van der Waals surface area (Å²) >= 11 is 1.48. The Morgan fingerprint density at radius 3 is 2.50 bits per heavy atom. The number of nitrogens with zero attached hydrogens (tertiary/aromatic N) is 2. The molecule has 0 bridgehead atoms. The molecule has 0 aliphatic heterocycles. The van der Waals surface area contributed by atoms with Crippen molar-refractivity contribution in [3.63, 3.8) is 0 Å². The largest absolute Gasteiger partial charge is 0.497 e. The number of carbonyl (C=O) groups is 1. The fourth-order valence-electron chi connectivity index (χ4n) is 2.84. The first-order valence-corrected chi connectivity index (χ1v) is 10.0. The zero-order valence-electron chi connectivity index (χ0n) is 16.1. The van der Waals surface area contributed by atoms with E-state index < -0.39 is 0 Å². The Labute approximate surface area is 169 Å². The standard InChI is InChI=1S/C22H24N2O3S/c1-26-14-6-13-24(21(25)15-17-7-4-3-5-8-17)22-23-20(16-28-22)18-9-11-19(27-2)12-10-18/h3-5,7-12,16H,6,13-15H2,1-2H3. The van der Waals surface area contributed by atoms with E-state index in [1.165, 1.54) is 11.3 Å². The number of thiazole rings is 1. The molecule has 146 valence electrons. The van der Waals surface area contributed by atoms with Crippen LogP contribution in [0.2, 0.25) is 0 Å². The van der Waals surface area contributed by atoms with Crippen LogP contribution in [0.5, 0.6) is 5.75 Å². The molecule has 1 aromatic heterocycles. The molecule has 0 N–H and O–H groups in total. The fourth-order valence-corrected chi connectivity index (χ4v) is 3.72. The van der Waals surface area contributed by atoms with Crippen LogP contribution in [-0.2, 0) is 16.0 Å². The molecule has 6 heteroatoms. The Morgan fingerprint density at radius 1 is 1.07 bits per heavy atom. The van der Waals surface area contributed by atoms with Gasteiger partial charge in [0.2, 0.25) is 5.91 Å². The van der Waals surface area contributed by atoms with E-state index in [9.17, 15) is 4.79 Å². The van der Waals surface area contributed by atoms with Gasteiger partial charge in [-0.05, 0) is 36.2 Å². The van der Waals surface area contributed by atoms with Gasteiger partial charge in [0.15, 0.2) is 5.13 Å². The molecule has 0 spiro atoms. The van der Waals surface area contributed by atoms with Gasteiger partial charge < -0.3 is 9.47 Å². The van der Waals surface area contributed by atoms with Crippen molar-refractivity contribution in [3.8, 4) is 17.0 Å². The van der Waals surface area contributed by atoms with Gasteiger partial charge in [0.05, 0.1) is 19.2 Å². The van der Waals surface area contributed by atoms with Crippen molar-refractivity contribution >= 4 is 22.4 Å². The van der Waals surface area contributed by atoms with Gasteiger partial charge in [-0.15, -0.1) is 11.3 Å². The lowest BCUT2D eigenvalue weighted by Crippen LogP contribution is -2.33. The Kier molecular flexibility index (Phi) is 7.17. The summed E-state index contributed by atoms with van der Waals surface area (Å²) in [6.07, 6.45) is 1.11. The third-order valence-corrected chi connectivity index (χ3v) is 5.20. The van der Waals surface area contributed by atoms with Crippen LogP contribution in [0.25, 0.3) is 11.3 Å². The van der Waals surface area contributed by atoms with Crippen molar-refractivity contribution in [2.75, 3.05) is 32.3 Å². The maximum Gasteiger partial charge on any atom is 0.233 e. The number of rotatable bonds is 9. The van der Waals surface area contributed by atoms with Crippen LogP contribution >= 0.6 is 11.3 Å². The van der Waals surface area contributed by atoms with E-state index >= 15 is 0 Å². The fraction of sp³-hybridized carbons (Fsp3) is 0.273. The molecule has 0 aliphatic rings. The van der Waals surface area contributed by atoms with E-state index in [4.69, 9.17) is 14.5 Å². The Bertz CT molecular complexity index is 878. The van der Waals surface area contributed by atoms with Gasteiger partial charge in [0, 0.05) is 31.2 Å². The molecule has 0 atom stereocenters. The van der Waals surface area contributed by atoms with Crippen molar-refractivity contribution in [2.45, 2.75) is 12.8 Å². The molecule has 3 aromatic rings. The SMILES string of the molecule is COCCCN(C(=O)Cc1ccccc1)c1nc(-c2ccc(OC)cc2)cs1. The second-order valence-corrected chi connectivity index (χ2v) is 7.13. The predicted molar refractivity (Wildman–Crippen MR) is 113 cm³/mol. The molecule has 28 heavy (non-hydrogen) atoms. The molecule has 2 aromatic carbocycles. The highest BCUT2D eigenvalue weighted by Crippen LogP contribution is 2.29. The lowest BCUT2D eigenvalue weighted by Gasteiger charge is -2.20. The summed E-state index contributed by atoms with van der Waals surface area (Å²) in [5.74, 6) is 0.844. The number of aromatic nitrogens is 1. The Balaban J connectivity index is 1.79. The van der Waals surface area contributed by atoms with Gasteiger partial charge in [-0.3, -0.25) is 9.69 Å². The van der Waals surface area contributed by atoms with Gasteiger partial charge in [-0.1, -0.05) is 30.3 Å². The van der Waals surface area contributed by atoms with Crippen molar-refractivity contribution in [1.82, 2.24) is 4.98 Å². The van der Waals surface area contributed by atoms with Crippen molar-refractivity contribution < 1.29 is 14.3 Å². The number of hydrogen-bond acceptors (Lipinski definition) is 5. The van der Waals surface area contributed by atoms with Gasteiger partial charge in [-0.2, -0.15) is 0 Å². The van der Waals surface area contributed by atoms with Gasteiger partial charge in [0.25, 0.3) is 0 Å². The molecule has 0 aliphatic carbocycles. The van der Waals surface area contributed by atoms with E-state index in [0.717, 1.165) is 29.0 Å². The molecule has 0 saturated heterocycles. The number of ether oxygens (including phenoxy) is 2. The molecular formula is C22H24N2O3S. The quantitative estimate of drug-likeness (QED) is 0.502. The van der Waals surface area contributed by atoms with Crippen LogP contribution in [0.4, 0.5) is 5.13 Å². The second-order valence-electron chi connectivity index (χ2n) is 6.30. The first kappa shape index (κ1) is 20.0. The highest BCUT2D eigenvalue weighted by Gasteiger charge is 2.19. The number of benzene rings is 2. The van der Waals surface area contributed by atoms with E-state index in [-0.39, 0.29) is 5.91 Å². The highest BCUT2D eigenvalue weighted by atomic mass is 32.1. The van der Waals surface area contributed by atoms with Crippen LogP contribution in [0, 0.1) is 0 Å². The summed E-state index contributed by atoms with van der Waals surface area (Å²) in [5.41, 5.74) is 2.85. The van der Waals surface area contributed by atoms with Gasteiger partial charge in [-0.25, -0.2) is 4.98 Å².